The molecule has 1 aromatic rings. The topological polar surface area (TPSA) is 34.1 Å². The lowest BCUT2D eigenvalue weighted by Gasteiger charge is -2.01. The smallest absolute Gasteiger partial charge is 0.201 e. The molecular formula is C9H10O2S. The van der Waals surface area contributed by atoms with Gasteiger partial charge in [0.2, 0.25) is 9.84 Å². The molecule has 1 rings (SSSR count). The second kappa shape index (κ2) is 3.11. The van der Waals surface area contributed by atoms with Crippen LogP contribution in [0.15, 0.2) is 46.7 Å². The minimum Gasteiger partial charge on any atom is -0.219 e. The Morgan fingerprint density at radius 1 is 1.25 bits per heavy atom. The lowest BCUT2D eigenvalue weighted by Crippen LogP contribution is -2.00. The standard InChI is InChI=1S/C9H10O2S/c1-8(2)12(10,11)9-6-4-3-5-7-9/h3-7H,1H2,2H3/i8+1. The summed E-state index contributed by atoms with van der Waals surface area (Å²) in [6, 6.07) is 8.27. The molecule has 2 nitrogen and oxygen atoms in total. The van der Waals surface area contributed by atoms with Gasteiger partial charge in [-0.1, -0.05) is 24.8 Å². The van der Waals surface area contributed by atoms with Crippen LogP contribution in [0.2, 0.25) is 0 Å². The zero-order chi connectivity index (χ0) is 9.19. The molecule has 0 saturated carbocycles. The van der Waals surface area contributed by atoms with Crippen LogP contribution in [0, 0.1) is 0 Å². The summed E-state index contributed by atoms with van der Waals surface area (Å²) in [7, 11) is -3.27. The van der Waals surface area contributed by atoms with Gasteiger partial charge in [-0.25, -0.2) is 8.42 Å². The average Bonchev–Trinajstić information content (AvgIpc) is 2.06. The highest BCUT2D eigenvalue weighted by atomic mass is 32.2. The Labute approximate surface area is 72.5 Å². The van der Waals surface area contributed by atoms with Crippen molar-refractivity contribution < 1.29 is 8.42 Å². The Morgan fingerprint density at radius 3 is 2.17 bits per heavy atom. The normalized spacial score (nSPS) is 11.1. The maximum atomic E-state index is 11.4. The maximum absolute atomic E-state index is 11.4. The van der Waals surface area contributed by atoms with Crippen LogP contribution in [0.25, 0.3) is 0 Å². The third-order valence-corrected chi connectivity index (χ3v) is 3.32. The average molecular weight is 183 g/mol. The Morgan fingerprint density at radius 2 is 1.75 bits per heavy atom. The molecule has 0 aliphatic heterocycles. The first-order chi connectivity index (χ1) is 5.55. The van der Waals surface area contributed by atoms with Crippen molar-refractivity contribution in [1.82, 2.24) is 0 Å². The van der Waals surface area contributed by atoms with Crippen LogP contribution in [-0.2, 0) is 9.84 Å². The fourth-order valence-electron chi connectivity index (χ4n) is 0.801. The highest BCUT2D eigenvalue weighted by molar-refractivity contribution is 7.95. The highest BCUT2D eigenvalue weighted by Gasteiger charge is 2.13. The summed E-state index contributed by atoms with van der Waals surface area (Å²) in [6.45, 7) is 4.90. The van der Waals surface area contributed by atoms with E-state index in [4.69, 9.17) is 0 Å². The van der Waals surface area contributed by atoms with E-state index in [-0.39, 0.29) is 4.91 Å². The van der Waals surface area contributed by atoms with E-state index in [1.807, 2.05) is 0 Å². The second-order valence-corrected chi connectivity index (χ2v) is 4.69. The first-order valence-corrected chi connectivity index (χ1v) is 4.99. The Hall–Kier alpha value is -1.09. The fraction of sp³-hybridized carbons (Fsp3) is 0.111. The summed E-state index contributed by atoms with van der Waals surface area (Å²) in [5, 5.41) is 0. The second-order valence-electron chi connectivity index (χ2n) is 2.52. The maximum Gasteiger partial charge on any atom is 0.201 e. The molecule has 0 aromatic heterocycles. The van der Waals surface area contributed by atoms with Gasteiger partial charge in [-0.2, -0.15) is 0 Å². The zero-order valence-corrected chi connectivity index (χ0v) is 7.64. The molecule has 64 valence electrons. The van der Waals surface area contributed by atoms with Gasteiger partial charge in [-0.15, -0.1) is 0 Å². The van der Waals surface area contributed by atoms with Crippen molar-refractivity contribution in [1.29, 1.82) is 0 Å². The lowest BCUT2D eigenvalue weighted by atomic mass is 10.4. The van der Waals surface area contributed by atoms with Crippen molar-refractivity contribution in [2.24, 2.45) is 0 Å². The van der Waals surface area contributed by atoms with E-state index in [1.165, 1.54) is 6.92 Å². The SMILES string of the molecule is C=[13C](C)S(=O)(=O)c1ccccc1. The van der Waals surface area contributed by atoms with Crippen molar-refractivity contribution >= 4 is 9.84 Å². The van der Waals surface area contributed by atoms with Crippen LogP contribution in [0.4, 0.5) is 0 Å². The van der Waals surface area contributed by atoms with Crippen molar-refractivity contribution in [3.63, 3.8) is 0 Å². The lowest BCUT2D eigenvalue weighted by molar-refractivity contribution is 0.602. The molecule has 0 radical (unpaired) electrons. The number of rotatable bonds is 2. The molecule has 0 aliphatic carbocycles. The predicted octanol–water partition coefficient (Wildman–Crippen LogP) is 1.99. The molecule has 0 unspecified atom stereocenters. The Balaban J connectivity index is 3.26. The van der Waals surface area contributed by atoms with E-state index in [1.54, 1.807) is 30.3 Å². The number of hydrogen-bond acceptors (Lipinski definition) is 2. The fourth-order valence-corrected chi connectivity index (χ4v) is 1.72. The first kappa shape index (κ1) is 9.00. The van der Waals surface area contributed by atoms with Crippen LogP contribution in [0.1, 0.15) is 6.92 Å². The summed E-state index contributed by atoms with van der Waals surface area (Å²) >= 11 is 0. The summed E-state index contributed by atoms with van der Waals surface area (Å²) < 4.78 is 22.9. The van der Waals surface area contributed by atoms with Gasteiger partial charge in [-0.05, 0) is 19.1 Å². The molecule has 0 N–H and O–H groups in total. The number of sulfone groups is 1. The molecule has 0 fully saturated rings. The zero-order valence-electron chi connectivity index (χ0n) is 6.82. The molecule has 0 spiro atoms. The summed E-state index contributed by atoms with van der Waals surface area (Å²) in [5.74, 6) is 0. The quantitative estimate of drug-likeness (QED) is 0.657. The predicted molar refractivity (Wildman–Crippen MR) is 48.4 cm³/mol. The van der Waals surface area contributed by atoms with Gasteiger partial charge in [0.15, 0.2) is 0 Å². The van der Waals surface area contributed by atoms with E-state index in [0.29, 0.717) is 4.90 Å². The van der Waals surface area contributed by atoms with E-state index in [0.717, 1.165) is 0 Å². The van der Waals surface area contributed by atoms with Gasteiger partial charge in [0.25, 0.3) is 0 Å². The van der Waals surface area contributed by atoms with Gasteiger partial charge >= 0.3 is 0 Å². The minimum absolute atomic E-state index is 0.175. The van der Waals surface area contributed by atoms with Crippen LogP contribution in [0.3, 0.4) is 0 Å². The summed E-state index contributed by atoms with van der Waals surface area (Å²) in [6.07, 6.45) is 0. The molecule has 0 atom stereocenters. The Bertz CT molecular complexity index is 376. The van der Waals surface area contributed by atoms with Crippen LogP contribution < -0.4 is 0 Å². The first-order valence-electron chi connectivity index (χ1n) is 3.51. The van der Waals surface area contributed by atoms with E-state index in [9.17, 15) is 8.42 Å². The van der Waals surface area contributed by atoms with Gasteiger partial charge in [0.1, 0.15) is 0 Å². The molecule has 0 bridgehead atoms. The van der Waals surface area contributed by atoms with Crippen molar-refractivity contribution in [3.8, 4) is 0 Å². The largest absolute Gasteiger partial charge is 0.219 e. The van der Waals surface area contributed by atoms with E-state index < -0.39 is 9.84 Å². The molecule has 0 aliphatic rings. The third-order valence-electron chi connectivity index (χ3n) is 1.51. The Kier molecular flexibility index (Phi) is 2.33. The van der Waals surface area contributed by atoms with Gasteiger partial charge in [0.05, 0.1) is 4.90 Å². The molecule has 0 amide bonds. The summed E-state index contributed by atoms with van der Waals surface area (Å²) in [5.41, 5.74) is 0. The number of benzene rings is 1. The number of allylic oxidation sites excluding steroid dienone is 1. The van der Waals surface area contributed by atoms with Crippen molar-refractivity contribution in [3.05, 3.63) is 41.8 Å². The van der Waals surface area contributed by atoms with Gasteiger partial charge < -0.3 is 0 Å². The molecule has 3 heteroatoms. The van der Waals surface area contributed by atoms with E-state index in [2.05, 4.69) is 6.58 Å². The minimum atomic E-state index is -3.27. The molecule has 0 heterocycles. The van der Waals surface area contributed by atoms with Crippen LogP contribution >= 0.6 is 0 Å². The van der Waals surface area contributed by atoms with Crippen molar-refractivity contribution in [2.45, 2.75) is 11.8 Å². The third kappa shape index (κ3) is 1.56. The van der Waals surface area contributed by atoms with Gasteiger partial charge in [-0.3, -0.25) is 0 Å². The molecule has 0 saturated heterocycles. The molecule has 1 aromatic carbocycles. The van der Waals surface area contributed by atoms with E-state index >= 15 is 0 Å². The molecule has 12 heavy (non-hydrogen) atoms. The molecular weight excluding hydrogens is 173 g/mol. The highest BCUT2D eigenvalue weighted by Crippen LogP contribution is 2.15. The summed E-state index contributed by atoms with van der Waals surface area (Å²) in [4.78, 5) is 0.478. The van der Waals surface area contributed by atoms with Gasteiger partial charge in [0, 0.05) is 4.91 Å². The monoisotopic (exact) mass is 183 g/mol. The number of hydrogen-bond donors (Lipinski definition) is 0. The van der Waals surface area contributed by atoms with Crippen LogP contribution in [-0.4, -0.2) is 8.42 Å². The van der Waals surface area contributed by atoms with Crippen molar-refractivity contribution in [2.75, 3.05) is 0 Å². The van der Waals surface area contributed by atoms with Crippen LogP contribution in [0.5, 0.6) is 0 Å².